The Bertz CT molecular complexity index is 1980. The van der Waals surface area contributed by atoms with Crippen molar-refractivity contribution in [1.82, 2.24) is 26.1 Å². The number of benzene rings is 3. The number of esters is 1. The van der Waals surface area contributed by atoms with Crippen LogP contribution in [0.2, 0.25) is 0 Å². The van der Waals surface area contributed by atoms with Gasteiger partial charge in [0, 0.05) is 43.7 Å². The van der Waals surface area contributed by atoms with Crippen molar-refractivity contribution in [2.75, 3.05) is 18.1 Å². The van der Waals surface area contributed by atoms with Crippen molar-refractivity contribution in [1.29, 1.82) is 0 Å². The minimum Gasteiger partial charge on any atom is -0.459 e. The van der Waals surface area contributed by atoms with Gasteiger partial charge in [0.25, 0.3) is 0 Å². The number of unbranched alkanes of at least 4 members (excludes halogenated alkanes) is 2. The molecule has 4 rings (SSSR count). The van der Waals surface area contributed by atoms with Crippen LogP contribution in [0.5, 0.6) is 0 Å². The SMILES string of the molecule is CCCCC[C@H](CC(=O)NOCc1ccccc1)C(=O)N1[C@H](C(=O)N[C@H](C(=O)CCSC[C@H](NC(C)=O)C(=O)OCc2ccccc2)[C@@H](C)CC)CCCN1C(=O)OCc1ccccc1. The van der Waals surface area contributed by atoms with Gasteiger partial charge in [-0.2, -0.15) is 11.8 Å². The largest absolute Gasteiger partial charge is 0.459 e. The monoisotopic (exact) mass is 915 g/mol. The van der Waals surface area contributed by atoms with Gasteiger partial charge in [-0.1, -0.05) is 137 Å². The van der Waals surface area contributed by atoms with E-state index in [1.807, 2.05) is 99.6 Å². The Morgan fingerprint density at radius 1 is 0.785 bits per heavy atom. The predicted octanol–water partition coefficient (Wildman–Crippen LogP) is 6.84. The number of nitrogens with zero attached hydrogens (tertiary/aromatic N) is 2. The van der Waals surface area contributed by atoms with E-state index in [0.717, 1.165) is 39.5 Å². The van der Waals surface area contributed by atoms with Crippen molar-refractivity contribution in [3.05, 3.63) is 108 Å². The highest BCUT2D eigenvalue weighted by atomic mass is 32.2. The first-order valence-electron chi connectivity index (χ1n) is 22.6. The normalized spacial score (nSPS) is 15.4. The molecule has 352 valence electrons. The van der Waals surface area contributed by atoms with Gasteiger partial charge in [-0.25, -0.2) is 25.1 Å². The zero-order chi connectivity index (χ0) is 47.0. The summed E-state index contributed by atoms with van der Waals surface area (Å²) in [5.74, 6) is -3.73. The van der Waals surface area contributed by atoms with Crippen LogP contribution >= 0.6 is 11.8 Å². The number of carbonyl (C=O) groups is 7. The Kier molecular flexibility index (Phi) is 22.5. The van der Waals surface area contributed by atoms with E-state index < -0.39 is 59.7 Å². The minimum absolute atomic E-state index is 0.0397. The van der Waals surface area contributed by atoms with Crippen LogP contribution in [0, 0.1) is 11.8 Å². The first-order chi connectivity index (χ1) is 31.4. The van der Waals surface area contributed by atoms with Gasteiger partial charge in [0.15, 0.2) is 5.78 Å². The third kappa shape index (κ3) is 17.6. The highest BCUT2D eigenvalue weighted by Gasteiger charge is 2.44. The molecule has 1 aliphatic heterocycles. The number of thioether (sulfide) groups is 1. The summed E-state index contributed by atoms with van der Waals surface area (Å²) in [4.78, 5) is 101. The number of ketones is 1. The Hall–Kier alpha value is -5.74. The van der Waals surface area contributed by atoms with Gasteiger partial charge in [-0.15, -0.1) is 0 Å². The molecular formula is C49H65N5O10S. The van der Waals surface area contributed by atoms with E-state index in [0.29, 0.717) is 25.7 Å². The van der Waals surface area contributed by atoms with E-state index >= 15 is 0 Å². The van der Waals surface area contributed by atoms with E-state index in [1.54, 1.807) is 12.1 Å². The van der Waals surface area contributed by atoms with Crippen LogP contribution in [0.4, 0.5) is 4.79 Å². The Morgan fingerprint density at radius 2 is 1.38 bits per heavy atom. The van der Waals surface area contributed by atoms with Gasteiger partial charge in [0.2, 0.25) is 23.6 Å². The van der Waals surface area contributed by atoms with Gasteiger partial charge in [-0.05, 0) is 41.9 Å². The zero-order valence-electron chi connectivity index (χ0n) is 38.0. The van der Waals surface area contributed by atoms with Gasteiger partial charge in [-0.3, -0.25) is 28.8 Å². The fraction of sp³-hybridized carbons (Fsp3) is 0.490. The van der Waals surface area contributed by atoms with Crippen molar-refractivity contribution in [2.45, 2.75) is 123 Å². The number of hydrogen-bond acceptors (Lipinski definition) is 11. The molecule has 65 heavy (non-hydrogen) atoms. The minimum atomic E-state index is -1.19. The highest BCUT2D eigenvalue weighted by molar-refractivity contribution is 7.99. The van der Waals surface area contributed by atoms with Crippen molar-refractivity contribution in [3.8, 4) is 0 Å². The van der Waals surface area contributed by atoms with Gasteiger partial charge in [0.1, 0.15) is 25.3 Å². The van der Waals surface area contributed by atoms with E-state index in [-0.39, 0.29) is 68.8 Å². The molecule has 15 nitrogen and oxygen atoms in total. The number of hydrogen-bond donors (Lipinski definition) is 3. The van der Waals surface area contributed by atoms with Crippen LogP contribution in [-0.4, -0.2) is 87.7 Å². The molecular weight excluding hydrogens is 851 g/mol. The molecule has 3 N–H and O–H groups in total. The first kappa shape index (κ1) is 51.9. The number of hydrazine groups is 1. The molecule has 0 aliphatic carbocycles. The van der Waals surface area contributed by atoms with Crippen molar-refractivity contribution in [3.63, 3.8) is 0 Å². The second-order valence-corrected chi connectivity index (χ2v) is 17.4. The lowest BCUT2D eigenvalue weighted by atomic mass is 9.92. The summed E-state index contributed by atoms with van der Waals surface area (Å²) in [6.45, 7) is 7.27. The molecule has 1 heterocycles. The maximum atomic E-state index is 14.8. The molecule has 5 atom stereocenters. The zero-order valence-corrected chi connectivity index (χ0v) is 38.9. The fourth-order valence-electron chi connectivity index (χ4n) is 7.30. The Labute approximate surface area is 387 Å². The van der Waals surface area contributed by atoms with E-state index in [1.165, 1.54) is 18.7 Å². The maximum absolute atomic E-state index is 14.8. The predicted molar refractivity (Wildman–Crippen MR) is 247 cm³/mol. The summed E-state index contributed by atoms with van der Waals surface area (Å²) in [5.41, 5.74) is 4.83. The molecule has 3 aromatic rings. The summed E-state index contributed by atoms with van der Waals surface area (Å²) in [6, 6.07) is 24.5. The number of hydroxylamine groups is 1. The molecule has 1 saturated heterocycles. The molecule has 5 amide bonds. The number of nitrogens with one attached hydrogen (secondary N) is 3. The van der Waals surface area contributed by atoms with Gasteiger partial charge < -0.3 is 20.1 Å². The van der Waals surface area contributed by atoms with Gasteiger partial charge in [0.05, 0.1) is 12.6 Å². The molecule has 0 saturated carbocycles. The highest BCUT2D eigenvalue weighted by Crippen LogP contribution is 2.27. The van der Waals surface area contributed by atoms with Crippen LogP contribution in [0.1, 0.15) is 102 Å². The second-order valence-electron chi connectivity index (χ2n) is 16.2. The third-order valence-electron chi connectivity index (χ3n) is 11.1. The molecule has 0 bridgehead atoms. The lowest BCUT2D eigenvalue weighted by molar-refractivity contribution is -0.169. The molecule has 3 aromatic carbocycles. The molecule has 1 aliphatic rings. The number of ether oxygens (including phenoxy) is 2. The summed E-state index contributed by atoms with van der Waals surface area (Å²) in [6.07, 6.45) is 2.66. The Morgan fingerprint density at radius 3 is 1.97 bits per heavy atom. The van der Waals surface area contributed by atoms with Crippen LogP contribution in [-0.2, 0) is 62.9 Å². The third-order valence-corrected chi connectivity index (χ3v) is 12.1. The van der Waals surface area contributed by atoms with E-state index in [9.17, 15) is 33.6 Å². The molecule has 0 aromatic heterocycles. The smallest absolute Gasteiger partial charge is 0.429 e. The average Bonchev–Trinajstić information content (AvgIpc) is 3.32. The van der Waals surface area contributed by atoms with Crippen molar-refractivity contribution < 1.29 is 47.9 Å². The molecule has 16 heteroatoms. The lowest BCUT2D eigenvalue weighted by Crippen LogP contribution is -2.64. The standard InChI is InChI=1S/C49H65N5O10S/c1-5-7-11-25-40(30-44(57)52-64-33-39-23-16-10-17-24-39)47(59)54-42(26-18-28-53(54)49(61)63-32-38-21-14-9-15-22-38)46(58)51-45(35(3)6-2)43(56)27-29-65-34-41(50-36(4)55)48(60)62-31-37-19-12-8-13-20-37/h8-10,12-17,19-24,35,40-42,45H,5-7,11,18,25-34H2,1-4H3,(H,50,55)(H,51,58)(H,52,57)/t35-,40+,41-,42-,45-/m0/s1. The van der Waals surface area contributed by atoms with Gasteiger partial charge >= 0.3 is 12.1 Å². The van der Waals surface area contributed by atoms with Crippen molar-refractivity contribution >= 4 is 53.2 Å². The first-order valence-corrected chi connectivity index (χ1v) is 23.7. The quantitative estimate of drug-likeness (QED) is 0.0435. The van der Waals surface area contributed by atoms with E-state index in [4.69, 9.17) is 14.3 Å². The number of rotatable bonds is 26. The summed E-state index contributed by atoms with van der Waals surface area (Å²) in [7, 11) is 0. The average molecular weight is 916 g/mol. The summed E-state index contributed by atoms with van der Waals surface area (Å²) in [5, 5.41) is 7.87. The number of amides is 5. The molecule has 0 radical (unpaired) electrons. The summed E-state index contributed by atoms with van der Waals surface area (Å²) < 4.78 is 11.2. The topological polar surface area (TPSA) is 190 Å². The summed E-state index contributed by atoms with van der Waals surface area (Å²) >= 11 is 1.29. The second kappa shape index (κ2) is 28.2. The maximum Gasteiger partial charge on any atom is 0.429 e. The Balaban J connectivity index is 1.49. The number of carbonyl (C=O) groups excluding carboxylic acids is 7. The van der Waals surface area contributed by atoms with Crippen LogP contribution in [0.3, 0.4) is 0 Å². The lowest BCUT2D eigenvalue weighted by Gasteiger charge is -2.44. The molecule has 0 unspecified atom stereocenters. The molecule has 1 fully saturated rings. The fourth-order valence-corrected chi connectivity index (χ4v) is 8.27. The van der Waals surface area contributed by atoms with Crippen LogP contribution < -0.4 is 16.1 Å². The van der Waals surface area contributed by atoms with Crippen molar-refractivity contribution in [2.24, 2.45) is 11.8 Å². The van der Waals surface area contributed by atoms with Crippen LogP contribution in [0.25, 0.3) is 0 Å². The molecule has 0 spiro atoms. The van der Waals surface area contributed by atoms with E-state index in [2.05, 4.69) is 16.1 Å². The number of Topliss-reactive ketones (excluding diaryl/α,β-unsaturated/α-hetero) is 1. The van der Waals surface area contributed by atoms with Crippen LogP contribution in [0.15, 0.2) is 91.0 Å².